The maximum absolute atomic E-state index is 4.37. The summed E-state index contributed by atoms with van der Waals surface area (Å²) in [6.45, 7) is 5.87. The van der Waals surface area contributed by atoms with Crippen molar-refractivity contribution in [2.75, 3.05) is 0 Å². The summed E-state index contributed by atoms with van der Waals surface area (Å²) in [4.78, 5) is 11.6. The number of allylic oxidation sites excluding steroid dienone is 3. The van der Waals surface area contributed by atoms with Gasteiger partial charge in [0.15, 0.2) is 0 Å². The molecule has 2 aromatic heterocycles. The van der Waals surface area contributed by atoms with E-state index in [9.17, 15) is 0 Å². The van der Waals surface area contributed by atoms with Crippen molar-refractivity contribution in [1.29, 1.82) is 0 Å². The minimum Gasteiger partial charge on any atom is -0.345 e. The fourth-order valence-electron chi connectivity index (χ4n) is 1.89. The normalized spacial score (nSPS) is 12.4. The lowest BCUT2D eigenvalue weighted by Gasteiger charge is -2.09. The van der Waals surface area contributed by atoms with Crippen LogP contribution in [0.25, 0.3) is 11.1 Å². The Bertz CT molecular complexity index is 532. The zero-order valence-electron chi connectivity index (χ0n) is 10.1. The first kappa shape index (κ1) is 11.4. The number of aryl methyl sites for hydroxylation is 1. The minimum absolute atomic E-state index is 0.793. The van der Waals surface area contributed by atoms with Crippen molar-refractivity contribution in [3.63, 3.8) is 0 Å². The van der Waals surface area contributed by atoms with Crippen LogP contribution in [0.2, 0.25) is 0 Å². The summed E-state index contributed by atoms with van der Waals surface area (Å²) >= 11 is 0. The van der Waals surface area contributed by atoms with Crippen LogP contribution < -0.4 is 0 Å². The van der Waals surface area contributed by atoms with Crippen LogP contribution in [0.4, 0.5) is 0 Å². The smallest absolute Gasteiger partial charge is 0.135 e. The van der Waals surface area contributed by atoms with E-state index in [1.165, 1.54) is 5.57 Å². The van der Waals surface area contributed by atoms with Crippen LogP contribution in [0.15, 0.2) is 37.6 Å². The number of hydrogen-bond donors (Lipinski definition) is 1. The van der Waals surface area contributed by atoms with Crippen LogP contribution >= 0.6 is 0 Å². The van der Waals surface area contributed by atoms with Gasteiger partial charge in [0.2, 0.25) is 0 Å². The molecule has 0 saturated heterocycles. The SMILES string of the molecule is C=CC/C(=C(\C)c1nccn1C)c1cnc[nH]1. The average Bonchev–Trinajstić information content (AvgIpc) is 2.95. The first-order valence-corrected chi connectivity index (χ1v) is 5.51. The lowest BCUT2D eigenvalue weighted by molar-refractivity contribution is 0.888. The molecule has 0 bridgehead atoms. The number of imidazole rings is 2. The van der Waals surface area contributed by atoms with Gasteiger partial charge in [0, 0.05) is 19.4 Å². The van der Waals surface area contributed by atoms with Crippen LogP contribution in [0, 0.1) is 0 Å². The van der Waals surface area contributed by atoms with E-state index in [2.05, 4.69) is 28.5 Å². The number of aromatic amines is 1. The fourth-order valence-corrected chi connectivity index (χ4v) is 1.89. The molecular formula is C13H16N4. The molecule has 17 heavy (non-hydrogen) atoms. The number of H-pyrrole nitrogens is 1. The highest BCUT2D eigenvalue weighted by atomic mass is 15.0. The number of rotatable bonds is 4. The van der Waals surface area contributed by atoms with Gasteiger partial charge in [-0.3, -0.25) is 0 Å². The first-order valence-electron chi connectivity index (χ1n) is 5.51. The molecule has 0 amide bonds. The van der Waals surface area contributed by atoms with Crippen molar-refractivity contribution in [3.05, 3.63) is 49.1 Å². The van der Waals surface area contributed by atoms with Crippen molar-refractivity contribution in [1.82, 2.24) is 19.5 Å². The van der Waals surface area contributed by atoms with Crippen molar-refractivity contribution in [3.8, 4) is 0 Å². The molecule has 0 aromatic carbocycles. The van der Waals surface area contributed by atoms with E-state index in [0.29, 0.717) is 0 Å². The van der Waals surface area contributed by atoms with E-state index < -0.39 is 0 Å². The Balaban J connectivity index is 2.51. The molecule has 0 aliphatic carbocycles. The van der Waals surface area contributed by atoms with Gasteiger partial charge in [0.25, 0.3) is 0 Å². The van der Waals surface area contributed by atoms with Gasteiger partial charge in [0.05, 0.1) is 18.2 Å². The lowest BCUT2D eigenvalue weighted by Crippen LogP contribution is -1.97. The monoisotopic (exact) mass is 228 g/mol. The fraction of sp³-hybridized carbons (Fsp3) is 0.231. The summed E-state index contributed by atoms with van der Waals surface area (Å²) in [5, 5.41) is 0. The van der Waals surface area contributed by atoms with Crippen LogP contribution in [-0.2, 0) is 7.05 Å². The van der Waals surface area contributed by atoms with Crippen LogP contribution in [-0.4, -0.2) is 19.5 Å². The highest BCUT2D eigenvalue weighted by Gasteiger charge is 2.10. The molecule has 88 valence electrons. The first-order chi connectivity index (χ1) is 8.24. The molecule has 2 heterocycles. The van der Waals surface area contributed by atoms with Gasteiger partial charge in [-0.25, -0.2) is 9.97 Å². The second kappa shape index (κ2) is 4.82. The zero-order chi connectivity index (χ0) is 12.3. The minimum atomic E-state index is 0.793. The molecular weight excluding hydrogens is 212 g/mol. The Morgan fingerprint density at radius 1 is 1.59 bits per heavy atom. The molecule has 0 spiro atoms. The van der Waals surface area contributed by atoms with Gasteiger partial charge in [-0.05, 0) is 24.5 Å². The molecule has 4 nitrogen and oxygen atoms in total. The van der Waals surface area contributed by atoms with Gasteiger partial charge in [-0.2, -0.15) is 0 Å². The van der Waals surface area contributed by atoms with Crippen LogP contribution in [0.3, 0.4) is 0 Å². The molecule has 0 aliphatic rings. The molecule has 2 rings (SSSR count). The summed E-state index contributed by atoms with van der Waals surface area (Å²) in [7, 11) is 1.99. The Morgan fingerprint density at radius 3 is 2.94 bits per heavy atom. The highest BCUT2D eigenvalue weighted by Crippen LogP contribution is 2.26. The summed E-state index contributed by atoms with van der Waals surface area (Å²) in [5.41, 5.74) is 3.33. The zero-order valence-corrected chi connectivity index (χ0v) is 10.1. The van der Waals surface area contributed by atoms with E-state index >= 15 is 0 Å². The predicted octanol–water partition coefficient (Wildman–Crippen LogP) is 2.65. The molecule has 0 fully saturated rings. The van der Waals surface area contributed by atoms with Gasteiger partial charge in [-0.1, -0.05) is 6.08 Å². The van der Waals surface area contributed by atoms with E-state index in [1.54, 1.807) is 12.5 Å². The summed E-state index contributed by atoms with van der Waals surface area (Å²) < 4.78 is 2.01. The second-order valence-electron chi connectivity index (χ2n) is 3.92. The average molecular weight is 228 g/mol. The van der Waals surface area contributed by atoms with Crippen molar-refractivity contribution < 1.29 is 0 Å². The number of aromatic nitrogens is 4. The molecule has 2 aromatic rings. The van der Waals surface area contributed by atoms with Crippen molar-refractivity contribution >= 4 is 11.1 Å². The predicted molar refractivity (Wildman–Crippen MR) is 69.1 cm³/mol. The Hall–Kier alpha value is -2.10. The standard InChI is InChI=1S/C13H16N4/c1-4-5-11(12-8-14-9-16-12)10(2)13-15-6-7-17(13)3/h4,6-9H,1,5H2,2-3H3,(H,14,16)/b11-10-. The van der Waals surface area contributed by atoms with Gasteiger partial charge < -0.3 is 9.55 Å². The maximum atomic E-state index is 4.37. The molecule has 0 saturated carbocycles. The lowest BCUT2D eigenvalue weighted by atomic mass is 10.0. The summed E-state index contributed by atoms with van der Waals surface area (Å²) in [5.74, 6) is 0.969. The van der Waals surface area contributed by atoms with Gasteiger partial charge in [-0.15, -0.1) is 6.58 Å². The Kier molecular flexibility index (Phi) is 3.23. The molecule has 0 unspecified atom stereocenters. The van der Waals surface area contributed by atoms with E-state index in [-0.39, 0.29) is 0 Å². The third-order valence-corrected chi connectivity index (χ3v) is 2.78. The molecule has 1 N–H and O–H groups in total. The van der Waals surface area contributed by atoms with Crippen LogP contribution in [0.5, 0.6) is 0 Å². The highest BCUT2D eigenvalue weighted by molar-refractivity contribution is 5.87. The maximum Gasteiger partial charge on any atom is 0.135 e. The van der Waals surface area contributed by atoms with Crippen LogP contribution in [0.1, 0.15) is 24.9 Å². The molecule has 0 radical (unpaired) electrons. The Labute approximate surface area is 101 Å². The summed E-state index contributed by atoms with van der Waals surface area (Å²) in [6.07, 6.45) is 9.94. The molecule has 4 heteroatoms. The number of hydrogen-bond acceptors (Lipinski definition) is 2. The molecule has 0 aliphatic heterocycles. The second-order valence-corrected chi connectivity index (χ2v) is 3.92. The topological polar surface area (TPSA) is 46.5 Å². The Morgan fingerprint density at radius 2 is 2.41 bits per heavy atom. The summed E-state index contributed by atoms with van der Waals surface area (Å²) in [6, 6.07) is 0. The van der Waals surface area contributed by atoms with E-state index in [1.807, 2.05) is 30.1 Å². The molecule has 0 atom stereocenters. The number of nitrogens with one attached hydrogen (secondary N) is 1. The van der Waals surface area contributed by atoms with E-state index in [0.717, 1.165) is 23.5 Å². The third-order valence-electron chi connectivity index (χ3n) is 2.78. The quantitative estimate of drug-likeness (QED) is 0.818. The third kappa shape index (κ3) is 2.20. The number of nitrogens with zero attached hydrogens (tertiary/aromatic N) is 3. The van der Waals surface area contributed by atoms with Crippen molar-refractivity contribution in [2.45, 2.75) is 13.3 Å². The largest absolute Gasteiger partial charge is 0.345 e. The van der Waals surface area contributed by atoms with Gasteiger partial charge >= 0.3 is 0 Å². The van der Waals surface area contributed by atoms with Gasteiger partial charge in [0.1, 0.15) is 5.82 Å². The van der Waals surface area contributed by atoms with Crippen molar-refractivity contribution in [2.24, 2.45) is 7.05 Å². The van der Waals surface area contributed by atoms with E-state index in [4.69, 9.17) is 0 Å².